The Kier molecular flexibility index (Phi) is 7.64. The van der Waals surface area contributed by atoms with Crippen LogP contribution in [0.5, 0.6) is 5.75 Å². The van der Waals surface area contributed by atoms with Crippen molar-refractivity contribution in [2.75, 3.05) is 13.2 Å². The van der Waals surface area contributed by atoms with Gasteiger partial charge < -0.3 is 19.7 Å². The summed E-state index contributed by atoms with van der Waals surface area (Å²) in [7, 11) is 0. The summed E-state index contributed by atoms with van der Waals surface area (Å²) >= 11 is 0. The van der Waals surface area contributed by atoms with Gasteiger partial charge in [0, 0.05) is 24.5 Å². The highest BCUT2D eigenvalue weighted by atomic mass is 16.3. The summed E-state index contributed by atoms with van der Waals surface area (Å²) < 4.78 is 5.22. The molecule has 0 fully saturated rings. The molecule has 7 nitrogen and oxygen atoms in total. The molecular weight excluding hydrogens is 412 g/mol. The monoisotopic (exact) mass is 442 g/mol. The molecule has 7 heteroatoms. The molecule has 1 heterocycles. The van der Waals surface area contributed by atoms with E-state index in [1.807, 2.05) is 6.07 Å². The van der Waals surface area contributed by atoms with Crippen LogP contribution in [0.2, 0.25) is 0 Å². The lowest BCUT2D eigenvalue weighted by Gasteiger charge is -2.32. The third kappa shape index (κ3) is 5.00. The second-order valence-corrected chi connectivity index (χ2v) is 8.79. The van der Waals surface area contributed by atoms with Gasteiger partial charge in [0.05, 0.1) is 31.1 Å². The number of benzene rings is 1. The van der Waals surface area contributed by atoms with Gasteiger partial charge in [-0.25, -0.2) is 0 Å². The number of aliphatic hydroxyl groups excluding tert-OH is 2. The molecule has 172 valence electrons. The van der Waals surface area contributed by atoms with Crippen molar-refractivity contribution < 1.29 is 34.1 Å². The Morgan fingerprint density at radius 2 is 2.00 bits per heavy atom. The standard InChI is InChI=1S/C25H30O7/c1-14-7-19(18-4-6-32-13-18)20-10-16(11-23(30)24(20)25(14)31)9-17(3-5-26)21(12-27)22(29)8-15(2)28/h4,6-7,13,16-17,21,26-27,31H,3,5,8-12H2,1-2H3. The highest BCUT2D eigenvalue weighted by Gasteiger charge is 2.35. The lowest BCUT2D eigenvalue weighted by molar-refractivity contribution is -0.131. The molecule has 0 aliphatic heterocycles. The second kappa shape index (κ2) is 10.2. The number of rotatable bonds is 10. The molecule has 3 rings (SSSR count). The van der Waals surface area contributed by atoms with Crippen molar-refractivity contribution >= 4 is 17.3 Å². The Balaban J connectivity index is 1.92. The van der Waals surface area contributed by atoms with Gasteiger partial charge in [0.25, 0.3) is 0 Å². The molecule has 0 spiro atoms. The molecule has 1 aromatic carbocycles. The Morgan fingerprint density at radius 3 is 2.59 bits per heavy atom. The van der Waals surface area contributed by atoms with Crippen LogP contribution in [0.1, 0.15) is 54.1 Å². The maximum atomic E-state index is 13.1. The van der Waals surface area contributed by atoms with Crippen LogP contribution in [-0.2, 0) is 16.0 Å². The van der Waals surface area contributed by atoms with Gasteiger partial charge in [-0.15, -0.1) is 0 Å². The minimum Gasteiger partial charge on any atom is -0.507 e. The molecule has 0 saturated heterocycles. The average molecular weight is 443 g/mol. The number of hydrogen-bond donors (Lipinski definition) is 3. The number of aliphatic hydroxyl groups is 2. The molecule has 3 N–H and O–H groups in total. The minimum atomic E-state index is -0.762. The highest BCUT2D eigenvalue weighted by molar-refractivity contribution is 6.03. The number of aryl methyl sites for hydroxylation is 1. The third-order valence-electron chi connectivity index (χ3n) is 6.41. The number of carbonyl (C=O) groups is 3. The number of furan rings is 1. The van der Waals surface area contributed by atoms with Gasteiger partial charge in [0.1, 0.15) is 17.3 Å². The van der Waals surface area contributed by atoms with Crippen molar-refractivity contribution in [3.8, 4) is 16.9 Å². The normalized spacial score (nSPS) is 17.6. The van der Waals surface area contributed by atoms with Gasteiger partial charge in [0.2, 0.25) is 0 Å². The highest BCUT2D eigenvalue weighted by Crippen LogP contribution is 2.42. The van der Waals surface area contributed by atoms with Crippen LogP contribution in [0.25, 0.3) is 11.1 Å². The van der Waals surface area contributed by atoms with Crippen LogP contribution in [0, 0.1) is 24.7 Å². The number of hydrogen-bond acceptors (Lipinski definition) is 7. The van der Waals surface area contributed by atoms with E-state index in [4.69, 9.17) is 4.42 Å². The lowest BCUT2D eigenvalue weighted by atomic mass is 9.72. The fraction of sp³-hybridized carbons (Fsp3) is 0.480. The van der Waals surface area contributed by atoms with Gasteiger partial charge in [-0.05, 0) is 73.8 Å². The zero-order chi connectivity index (χ0) is 23.4. The number of aromatic hydroxyl groups is 1. The Bertz CT molecular complexity index is 990. The zero-order valence-corrected chi connectivity index (χ0v) is 18.5. The van der Waals surface area contributed by atoms with Crippen LogP contribution >= 0.6 is 0 Å². The first-order valence-electron chi connectivity index (χ1n) is 10.9. The summed E-state index contributed by atoms with van der Waals surface area (Å²) in [5, 5.41) is 30.0. The minimum absolute atomic E-state index is 0.00697. The van der Waals surface area contributed by atoms with Crippen molar-refractivity contribution in [2.24, 2.45) is 17.8 Å². The summed E-state index contributed by atoms with van der Waals surface area (Å²) in [6.45, 7) is 2.51. The third-order valence-corrected chi connectivity index (χ3v) is 6.41. The molecule has 1 aliphatic rings. The molecule has 0 saturated carbocycles. The maximum Gasteiger partial charge on any atom is 0.167 e. The number of phenolic OH excluding ortho intramolecular Hbond substituents is 1. The van der Waals surface area contributed by atoms with Crippen molar-refractivity contribution in [2.45, 2.75) is 46.0 Å². The molecule has 3 atom stereocenters. The van der Waals surface area contributed by atoms with E-state index in [1.165, 1.54) is 6.92 Å². The zero-order valence-electron chi connectivity index (χ0n) is 18.5. The van der Waals surface area contributed by atoms with Crippen molar-refractivity contribution in [3.05, 3.63) is 41.3 Å². The SMILES string of the molecule is CC(=O)CC(=O)C(CO)C(CCO)CC1CC(=O)c2c(O)c(C)cc(-c3ccoc3)c2C1. The van der Waals surface area contributed by atoms with Gasteiger partial charge >= 0.3 is 0 Å². The van der Waals surface area contributed by atoms with E-state index in [9.17, 15) is 29.7 Å². The van der Waals surface area contributed by atoms with Gasteiger partial charge in [-0.3, -0.25) is 14.4 Å². The summed E-state index contributed by atoms with van der Waals surface area (Å²) in [6.07, 6.45) is 4.34. The van der Waals surface area contributed by atoms with Gasteiger partial charge in [-0.2, -0.15) is 0 Å². The lowest BCUT2D eigenvalue weighted by Crippen LogP contribution is -2.32. The molecule has 3 unspecified atom stereocenters. The van der Waals surface area contributed by atoms with E-state index in [-0.39, 0.29) is 54.4 Å². The molecular formula is C25H30O7. The van der Waals surface area contributed by atoms with Gasteiger partial charge in [-0.1, -0.05) is 0 Å². The predicted molar refractivity (Wildman–Crippen MR) is 117 cm³/mol. The number of Topliss-reactive ketones (excluding diaryl/α,β-unsaturated/α-hetero) is 3. The topological polar surface area (TPSA) is 125 Å². The summed E-state index contributed by atoms with van der Waals surface area (Å²) in [5.41, 5.74) is 3.33. The quantitative estimate of drug-likeness (QED) is 0.482. The van der Waals surface area contributed by atoms with E-state index in [1.54, 1.807) is 25.5 Å². The molecule has 1 aliphatic carbocycles. The van der Waals surface area contributed by atoms with Crippen LogP contribution < -0.4 is 0 Å². The van der Waals surface area contributed by atoms with E-state index >= 15 is 0 Å². The summed E-state index contributed by atoms with van der Waals surface area (Å²) in [4.78, 5) is 37.0. The number of fused-ring (bicyclic) bond motifs is 1. The van der Waals surface area contributed by atoms with E-state index in [0.717, 1.165) is 16.7 Å². The van der Waals surface area contributed by atoms with Crippen LogP contribution in [-0.4, -0.2) is 45.9 Å². The Labute approximate surface area is 187 Å². The smallest absolute Gasteiger partial charge is 0.167 e. The van der Waals surface area contributed by atoms with Crippen molar-refractivity contribution in [3.63, 3.8) is 0 Å². The van der Waals surface area contributed by atoms with E-state index < -0.39 is 12.5 Å². The maximum absolute atomic E-state index is 13.1. The molecule has 32 heavy (non-hydrogen) atoms. The fourth-order valence-electron chi connectivity index (χ4n) is 4.89. The Morgan fingerprint density at radius 1 is 1.25 bits per heavy atom. The molecule has 0 radical (unpaired) electrons. The van der Waals surface area contributed by atoms with E-state index in [0.29, 0.717) is 30.4 Å². The first kappa shape index (κ1) is 23.9. The summed E-state index contributed by atoms with van der Waals surface area (Å²) in [5.74, 6) is -2.02. The first-order chi connectivity index (χ1) is 15.3. The molecule has 2 aromatic rings. The fourth-order valence-corrected chi connectivity index (χ4v) is 4.89. The second-order valence-electron chi connectivity index (χ2n) is 8.79. The van der Waals surface area contributed by atoms with Crippen molar-refractivity contribution in [1.82, 2.24) is 0 Å². The van der Waals surface area contributed by atoms with E-state index in [2.05, 4.69) is 0 Å². The van der Waals surface area contributed by atoms with Crippen LogP contribution in [0.4, 0.5) is 0 Å². The molecule has 0 amide bonds. The summed E-state index contributed by atoms with van der Waals surface area (Å²) in [6, 6.07) is 3.64. The van der Waals surface area contributed by atoms with Crippen LogP contribution in [0.15, 0.2) is 29.1 Å². The molecule has 1 aromatic heterocycles. The van der Waals surface area contributed by atoms with Crippen LogP contribution in [0.3, 0.4) is 0 Å². The predicted octanol–water partition coefficient (Wildman–Crippen LogP) is 3.25. The number of ketones is 3. The number of phenols is 1. The first-order valence-corrected chi connectivity index (χ1v) is 10.9. The largest absolute Gasteiger partial charge is 0.507 e. The van der Waals surface area contributed by atoms with Crippen molar-refractivity contribution in [1.29, 1.82) is 0 Å². The average Bonchev–Trinajstić information content (AvgIpc) is 3.25. The van der Waals surface area contributed by atoms with Gasteiger partial charge in [0.15, 0.2) is 5.78 Å². The number of carbonyl (C=O) groups excluding carboxylic acids is 3. The Hall–Kier alpha value is -2.77. The molecule has 0 bridgehead atoms.